The average Bonchev–Trinajstić information content (AvgIpc) is 2.39. The van der Waals surface area contributed by atoms with Crippen molar-refractivity contribution < 1.29 is 9.50 Å². The standard InChI is InChI=1S/C16H24FNO/c1-3-6-14-7-4-5-10-18(14)12(2)15-9-8-13(17)11-16(15)19/h8-9,11-12,14,19H,3-7,10H2,1-2H3. The van der Waals surface area contributed by atoms with Crippen LogP contribution in [0.15, 0.2) is 18.2 Å². The van der Waals surface area contributed by atoms with E-state index in [4.69, 9.17) is 0 Å². The smallest absolute Gasteiger partial charge is 0.126 e. The molecular formula is C16H24FNO. The molecule has 1 aliphatic rings. The second-order valence-electron chi connectivity index (χ2n) is 5.56. The Morgan fingerprint density at radius 2 is 2.21 bits per heavy atom. The highest BCUT2D eigenvalue weighted by Gasteiger charge is 2.27. The molecule has 0 saturated carbocycles. The van der Waals surface area contributed by atoms with Crippen molar-refractivity contribution in [2.45, 2.75) is 58.0 Å². The van der Waals surface area contributed by atoms with Gasteiger partial charge in [-0.25, -0.2) is 4.39 Å². The number of phenolic OH excluding ortho intramolecular Hbond substituents is 1. The summed E-state index contributed by atoms with van der Waals surface area (Å²) in [5.74, 6) is -0.300. The molecule has 1 aliphatic heterocycles. The molecule has 0 aliphatic carbocycles. The average molecular weight is 265 g/mol. The first-order valence-electron chi connectivity index (χ1n) is 7.37. The number of halogens is 1. The number of piperidine rings is 1. The van der Waals surface area contributed by atoms with Crippen molar-refractivity contribution >= 4 is 0 Å². The van der Waals surface area contributed by atoms with Crippen molar-refractivity contribution in [1.82, 2.24) is 4.90 Å². The van der Waals surface area contributed by atoms with Gasteiger partial charge in [-0.05, 0) is 38.8 Å². The van der Waals surface area contributed by atoms with E-state index in [2.05, 4.69) is 18.7 Å². The lowest BCUT2D eigenvalue weighted by atomic mass is 9.94. The molecular weight excluding hydrogens is 241 g/mol. The minimum atomic E-state index is -0.378. The Morgan fingerprint density at radius 1 is 1.42 bits per heavy atom. The summed E-state index contributed by atoms with van der Waals surface area (Å²) in [7, 11) is 0. The van der Waals surface area contributed by atoms with Crippen LogP contribution in [0.2, 0.25) is 0 Å². The predicted octanol–water partition coefficient (Wildman–Crippen LogP) is 4.25. The Bertz CT molecular complexity index is 419. The lowest BCUT2D eigenvalue weighted by Crippen LogP contribution is -2.41. The van der Waals surface area contributed by atoms with Crippen molar-refractivity contribution in [1.29, 1.82) is 0 Å². The number of benzene rings is 1. The number of likely N-dealkylation sites (tertiary alicyclic amines) is 1. The first kappa shape index (κ1) is 14.3. The van der Waals surface area contributed by atoms with Gasteiger partial charge in [0.05, 0.1) is 0 Å². The van der Waals surface area contributed by atoms with E-state index in [9.17, 15) is 9.50 Å². The molecule has 1 fully saturated rings. The van der Waals surface area contributed by atoms with Crippen molar-refractivity contribution in [3.63, 3.8) is 0 Å². The molecule has 2 nitrogen and oxygen atoms in total. The molecule has 0 spiro atoms. The summed E-state index contributed by atoms with van der Waals surface area (Å²) in [4.78, 5) is 2.47. The molecule has 0 radical (unpaired) electrons. The molecule has 1 heterocycles. The summed E-state index contributed by atoms with van der Waals surface area (Å²) in [6.07, 6.45) is 6.13. The molecule has 1 aromatic carbocycles. The lowest BCUT2D eigenvalue weighted by molar-refractivity contribution is 0.0950. The van der Waals surface area contributed by atoms with E-state index in [1.165, 1.54) is 44.2 Å². The molecule has 1 saturated heterocycles. The third-order valence-electron chi connectivity index (χ3n) is 4.23. The highest BCUT2D eigenvalue weighted by atomic mass is 19.1. The molecule has 3 heteroatoms. The molecule has 2 atom stereocenters. The zero-order chi connectivity index (χ0) is 13.8. The molecule has 19 heavy (non-hydrogen) atoms. The second kappa shape index (κ2) is 6.38. The fourth-order valence-corrected chi connectivity index (χ4v) is 3.22. The molecule has 2 unspecified atom stereocenters. The van der Waals surface area contributed by atoms with Crippen LogP contribution in [0.4, 0.5) is 4.39 Å². The van der Waals surface area contributed by atoms with Crippen LogP contribution >= 0.6 is 0 Å². The van der Waals surface area contributed by atoms with Crippen molar-refractivity contribution in [3.05, 3.63) is 29.6 Å². The minimum absolute atomic E-state index is 0.0771. The monoisotopic (exact) mass is 265 g/mol. The highest BCUT2D eigenvalue weighted by molar-refractivity contribution is 5.35. The van der Waals surface area contributed by atoms with Crippen LogP contribution in [0.3, 0.4) is 0 Å². The number of hydrogen-bond acceptors (Lipinski definition) is 2. The summed E-state index contributed by atoms with van der Waals surface area (Å²) in [6.45, 7) is 5.40. The maximum atomic E-state index is 13.1. The molecule has 0 amide bonds. The quantitative estimate of drug-likeness (QED) is 0.880. The van der Waals surface area contributed by atoms with Crippen molar-refractivity contribution in [2.75, 3.05) is 6.54 Å². The largest absolute Gasteiger partial charge is 0.508 e. The summed E-state index contributed by atoms with van der Waals surface area (Å²) >= 11 is 0. The minimum Gasteiger partial charge on any atom is -0.508 e. The van der Waals surface area contributed by atoms with E-state index in [0.717, 1.165) is 12.1 Å². The number of rotatable bonds is 4. The topological polar surface area (TPSA) is 23.5 Å². The van der Waals surface area contributed by atoms with Crippen LogP contribution in [-0.2, 0) is 0 Å². The fourth-order valence-electron chi connectivity index (χ4n) is 3.22. The van der Waals surface area contributed by atoms with Crippen LogP contribution in [0.1, 0.15) is 57.6 Å². The number of aromatic hydroxyl groups is 1. The van der Waals surface area contributed by atoms with E-state index in [0.29, 0.717) is 6.04 Å². The van der Waals surface area contributed by atoms with Gasteiger partial charge in [0.1, 0.15) is 11.6 Å². The van der Waals surface area contributed by atoms with Gasteiger partial charge in [0.2, 0.25) is 0 Å². The Balaban J connectivity index is 2.18. The lowest BCUT2D eigenvalue weighted by Gasteiger charge is -2.40. The normalized spacial score (nSPS) is 22.4. The molecule has 1 aromatic rings. The van der Waals surface area contributed by atoms with Crippen molar-refractivity contribution in [3.8, 4) is 5.75 Å². The van der Waals surface area contributed by atoms with Gasteiger partial charge in [-0.2, -0.15) is 0 Å². The van der Waals surface area contributed by atoms with E-state index >= 15 is 0 Å². The van der Waals surface area contributed by atoms with Crippen LogP contribution in [0.25, 0.3) is 0 Å². The first-order chi connectivity index (χ1) is 9.13. The van der Waals surface area contributed by atoms with Gasteiger partial charge in [-0.15, -0.1) is 0 Å². The fraction of sp³-hybridized carbons (Fsp3) is 0.625. The zero-order valence-corrected chi connectivity index (χ0v) is 11.9. The van der Waals surface area contributed by atoms with Gasteiger partial charge < -0.3 is 5.11 Å². The first-order valence-corrected chi connectivity index (χ1v) is 7.37. The Labute approximate surface area is 115 Å². The maximum Gasteiger partial charge on any atom is 0.126 e. The van der Waals surface area contributed by atoms with E-state index in [1.807, 2.05) is 0 Å². The van der Waals surface area contributed by atoms with Crippen LogP contribution < -0.4 is 0 Å². The molecule has 106 valence electrons. The Hall–Kier alpha value is -1.09. The number of hydrogen-bond donors (Lipinski definition) is 1. The summed E-state index contributed by atoms with van der Waals surface area (Å²) in [6, 6.07) is 5.11. The molecule has 0 bridgehead atoms. The van der Waals surface area contributed by atoms with Crippen LogP contribution in [-0.4, -0.2) is 22.6 Å². The summed E-state index contributed by atoms with van der Waals surface area (Å²) < 4.78 is 13.1. The molecule has 1 N–H and O–H groups in total. The number of phenols is 1. The van der Waals surface area contributed by atoms with Gasteiger partial charge >= 0.3 is 0 Å². The van der Waals surface area contributed by atoms with E-state index in [-0.39, 0.29) is 17.6 Å². The second-order valence-corrected chi connectivity index (χ2v) is 5.56. The predicted molar refractivity (Wildman–Crippen MR) is 75.7 cm³/mol. The van der Waals surface area contributed by atoms with E-state index < -0.39 is 0 Å². The van der Waals surface area contributed by atoms with Gasteiger partial charge in [0.15, 0.2) is 0 Å². The van der Waals surface area contributed by atoms with E-state index in [1.54, 1.807) is 6.07 Å². The SMILES string of the molecule is CCCC1CCCCN1C(C)c1ccc(F)cc1O. The zero-order valence-electron chi connectivity index (χ0n) is 11.9. The highest BCUT2D eigenvalue weighted by Crippen LogP contribution is 2.34. The third kappa shape index (κ3) is 3.27. The van der Waals surface area contributed by atoms with Crippen molar-refractivity contribution in [2.24, 2.45) is 0 Å². The molecule has 2 rings (SSSR count). The van der Waals surface area contributed by atoms with Gasteiger partial charge in [-0.1, -0.05) is 25.8 Å². The van der Waals surface area contributed by atoms with Crippen LogP contribution in [0, 0.1) is 5.82 Å². The number of nitrogens with zero attached hydrogens (tertiary/aromatic N) is 1. The Morgan fingerprint density at radius 3 is 2.89 bits per heavy atom. The summed E-state index contributed by atoms with van der Waals surface area (Å²) in [5, 5.41) is 9.94. The van der Waals surface area contributed by atoms with Gasteiger partial charge in [-0.3, -0.25) is 4.90 Å². The summed E-state index contributed by atoms with van der Waals surface area (Å²) in [5.41, 5.74) is 0.837. The van der Waals surface area contributed by atoms with Gasteiger partial charge in [0, 0.05) is 23.7 Å². The van der Waals surface area contributed by atoms with Gasteiger partial charge in [0.25, 0.3) is 0 Å². The molecule has 0 aromatic heterocycles. The van der Waals surface area contributed by atoms with Crippen LogP contribution in [0.5, 0.6) is 5.75 Å². The maximum absolute atomic E-state index is 13.1. The Kier molecular flexibility index (Phi) is 4.81. The third-order valence-corrected chi connectivity index (χ3v) is 4.23.